The highest BCUT2D eigenvalue weighted by molar-refractivity contribution is 5.97. The summed E-state index contributed by atoms with van der Waals surface area (Å²) in [6.07, 6.45) is 0.638. The van der Waals surface area contributed by atoms with E-state index in [0.717, 1.165) is 11.3 Å². The van der Waals surface area contributed by atoms with Crippen LogP contribution in [0.3, 0.4) is 0 Å². The predicted molar refractivity (Wildman–Crippen MR) is 90.6 cm³/mol. The lowest BCUT2D eigenvalue weighted by molar-refractivity contribution is 0.0513. The van der Waals surface area contributed by atoms with E-state index in [9.17, 15) is 9.59 Å². The molecular formula is C18H21N3O4. The smallest absolute Gasteiger partial charge is 0.359 e. The van der Waals surface area contributed by atoms with Crippen molar-refractivity contribution < 1.29 is 19.1 Å². The summed E-state index contributed by atoms with van der Waals surface area (Å²) in [6, 6.07) is 7.13. The summed E-state index contributed by atoms with van der Waals surface area (Å²) in [7, 11) is 3.35. The number of carbonyl (C=O) groups excluding carboxylic acids is 2. The lowest BCUT2D eigenvalue weighted by atomic mass is 10.0. The van der Waals surface area contributed by atoms with E-state index in [2.05, 4.69) is 5.10 Å². The van der Waals surface area contributed by atoms with Gasteiger partial charge in [-0.15, -0.1) is 0 Å². The van der Waals surface area contributed by atoms with Crippen LogP contribution in [0.2, 0.25) is 0 Å². The van der Waals surface area contributed by atoms with Crippen LogP contribution in [0.25, 0.3) is 0 Å². The summed E-state index contributed by atoms with van der Waals surface area (Å²) < 4.78 is 12.1. The Kier molecular flexibility index (Phi) is 4.74. The fraction of sp³-hybridized carbons (Fsp3) is 0.389. The van der Waals surface area contributed by atoms with Crippen molar-refractivity contribution >= 4 is 11.9 Å². The third kappa shape index (κ3) is 3.09. The van der Waals surface area contributed by atoms with Crippen LogP contribution in [0.4, 0.5) is 0 Å². The van der Waals surface area contributed by atoms with E-state index >= 15 is 0 Å². The Balaban J connectivity index is 1.90. The highest BCUT2D eigenvalue weighted by atomic mass is 16.5. The maximum Gasteiger partial charge on any atom is 0.359 e. The van der Waals surface area contributed by atoms with Gasteiger partial charge in [0.05, 0.1) is 25.8 Å². The minimum absolute atomic E-state index is 0.123. The first-order valence-electron chi connectivity index (χ1n) is 8.21. The molecule has 0 fully saturated rings. The topological polar surface area (TPSA) is 73.7 Å². The summed E-state index contributed by atoms with van der Waals surface area (Å²) in [4.78, 5) is 26.8. The minimum Gasteiger partial charge on any atom is -0.496 e. The molecule has 132 valence electrons. The second-order valence-electron chi connectivity index (χ2n) is 5.79. The Morgan fingerprint density at radius 2 is 2.04 bits per heavy atom. The summed E-state index contributed by atoms with van der Waals surface area (Å²) in [5.74, 6) is -0.0391. The van der Waals surface area contributed by atoms with Crippen LogP contribution in [-0.2, 0) is 24.8 Å². The molecule has 1 amide bonds. The van der Waals surface area contributed by atoms with Crippen LogP contribution in [0.15, 0.2) is 24.3 Å². The van der Waals surface area contributed by atoms with Gasteiger partial charge in [0.1, 0.15) is 5.75 Å². The summed E-state index contributed by atoms with van der Waals surface area (Å²) in [5, 5.41) is 4.29. The van der Waals surface area contributed by atoms with Crippen molar-refractivity contribution in [1.82, 2.24) is 14.7 Å². The Morgan fingerprint density at radius 1 is 1.28 bits per heavy atom. The van der Waals surface area contributed by atoms with Crippen LogP contribution < -0.4 is 4.74 Å². The number of ether oxygens (including phenoxy) is 2. The number of hydrogen-bond donors (Lipinski definition) is 0. The largest absolute Gasteiger partial charge is 0.496 e. The van der Waals surface area contributed by atoms with Crippen molar-refractivity contribution in [3.8, 4) is 5.75 Å². The fourth-order valence-corrected chi connectivity index (χ4v) is 3.12. The van der Waals surface area contributed by atoms with Gasteiger partial charge in [0.25, 0.3) is 5.91 Å². The van der Waals surface area contributed by atoms with Gasteiger partial charge in [0.15, 0.2) is 5.69 Å². The molecule has 1 aliphatic rings. The van der Waals surface area contributed by atoms with Crippen molar-refractivity contribution in [3.05, 3.63) is 46.8 Å². The van der Waals surface area contributed by atoms with Crippen LogP contribution in [0, 0.1) is 0 Å². The highest BCUT2D eigenvalue weighted by Crippen LogP contribution is 2.26. The molecule has 1 aromatic carbocycles. The maximum atomic E-state index is 12.9. The summed E-state index contributed by atoms with van der Waals surface area (Å²) in [6.45, 7) is 2.93. The zero-order valence-electron chi connectivity index (χ0n) is 14.6. The minimum atomic E-state index is -0.453. The van der Waals surface area contributed by atoms with E-state index in [1.54, 1.807) is 48.9 Å². The molecule has 0 radical (unpaired) electrons. The number of benzene rings is 1. The number of aromatic nitrogens is 2. The van der Waals surface area contributed by atoms with E-state index in [-0.39, 0.29) is 18.2 Å². The number of para-hydroxylation sites is 1. The van der Waals surface area contributed by atoms with Gasteiger partial charge in [-0.3, -0.25) is 9.48 Å². The molecule has 7 heteroatoms. The molecule has 2 aromatic rings. The standard InChI is InChI=1S/C18H21N3O4/c1-4-25-18(23)16-13-11-21(10-9-14(13)20(2)19-16)17(22)12-7-5-6-8-15(12)24-3/h5-8H,4,9-11H2,1-3H3. The zero-order valence-corrected chi connectivity index (χ0v) is 14.6. The molecule has 3 rings (SSSR count). The monoisotopic (exact) mass is 343 g/mol. The molecule has 2 heterocycles. The first kappa shape index (κ1) is 17.0. The molecule has 0 aliphatic carbocycles. The molecular weight excluding hydrogens is 322 g/mol. The van der Waals surface area contributed by atoms with Crippen molar-refractivity contribution in [1.29, 1.82) is 0 Å². The predicted octanol–water partition coefficient (Wildman–Crippen LogP) is 1.80. The number of esters is 1. The number of amides is 1. The van der Waals surface area contributed by atoms with Gasteiger partial charge < -0.3 is 14.4 Å². The van der Waals surface area contributed by atoms with E-state index in [4.69, 9.17) is 9.47 Å². The molecule has 0 saturated carbocycles. The average molecular weight is 343 g/mol. The lowest BCUT2D eigenvalue weighted by Crippen LogP contribution is -2.36. The van der Waals surface area contributed by atoms with Crippen molar-refractivity contribution in [3.63, 3.8) is 0 Å². The molecule has 0 atom stereocenters. The third-order valence-electron chi connectivity index (χ3n) is 4.34. The number of methoxy groups -OCH3 is 1. The Bertz CT molecular complexity index is 813. The van der Waals surface area contributed by atoms with Crippen LogP contribution in [0.1, 0.15) is 39.0 Å². The number of fused-ring (bicyclic) bond motifs is 1. The fourth-order valence-electron chi connectivity index (χ4n) is 3.12. The zero-order chi connectivity index (χ0) is 18.0. The second kappa shape index (κ2) is 6.96. The van der Waals surface area contributed by atoms with Gasteiger partial charge in [-0.1, -0.05) is 12.1 Å². The van der Waals surface area contributed by atoms with Crippen molar-refractivity contribution in [2.45, 2.75) is 19.9 Å². The molecule has 1 aliphatic heterocycles. The maximum absolute atomic E-state index is 12.9. The number of hydrogen-bond acceptors (Lipinski definition) is 5. The quantitative estimate of drug-likeness (QED) is 0.792. The molecule has 0 N–H and O–H groups in total. The van der Waals surface area contributed by atoms with Gasteiger partial charge in [-0.2, -0.15) is 5.10 Å². The van der Waals surface area contributed by atoms with Gasteiger partial charge in [0.2, 0.25) is 0 Å². The van der Waals surface area contributed by atoms with Crippen molar-refractivity contribution in [2.24, 2.45) is 7.05 Å². The molecule has 0 spiro atoms. The number of rotatable bonds is 4. The van der Waals surface area contributed by atoms with Gasteiger partial charge in [0, 0.05) is 31.3 Å². The van der Waals surface area contributed by atoms with E-state index in [1.165, 1.54) is 0 Å². The molecule has 0 unspecified atom stereocenters. The van der Waals surface area contributed by atoms with Gasteiger partial charge in [-0.05, 0) is 19.1 Å². The van der Waals surface area contributed by atoms with Crippen LogP contribution in [-0.4, -0.2) is 46.8 Å². The normalized spacial score (nSPS) is 13.3. The molecule has 0 saturated heterocycles. The lowest BCUT2D eigenvalue weighted by Gasteiger charge is -2.28. The first-order valence-corrected chi connectivity index (χ1v) is 8.21. The van der Waals surface area contributed by atoms with Gasteiger partial charge >= 0.3 is 5.97 Å². The second-order valence-corrected chi connectivity index (χ2v) is 5.79. The third-order valence-corrected chi connectivity index (χ3v) is 4.34. The highest BCUT2D eigenvalue weighted by Gasteiger charge is 2.31. The first-order chi connectivity index (χ1) is 12.1. The van der Waals surface area contributed by atoms with Crippen LogP contribution >= 0.6 is 0 Å². The SMILES string of the molecule is CCOC(=O)c1nn(C)c2c1CN(C(=O)c1ccccc1OC)CC2. The molecule has 1 aromatic heterocycles. The number of aryl methyl sites for hydroxylation is 1. The van der Waals surface area contributed by atoms with Crippen molar-refractivity contribution in [2.75, 3.05) is 20.3 Å². The molecule has 0 bridgehead atoms. The van der Waals surface area contributed by atoms with E-state index in [0.29, 0.717) is 30.8 Å². The Labute approximate surface area is 146 Å². The number of carbonyl (C=O) groups is 2. The Hall–Kier alpha value is -2.83. The van der Waals surface area contributed by atoms with E-state index < -0.39 is 5.97 Å². The average Bonchev–Trinajstić information content (AvgIpc) is 2.97. The summed E-state index contributed by atoms with van der Waals surface area (Å²) >= 11 is 0. The number of nitrogens with zero attached hydrogens (tertiary/aromatic N) is 3. The molecule has 7 nitrogen and oxygen atoms in total. The summed E-state index contributed by atoms with van der Waals surface area (Å²) in [5.41, 5.74) is 2.52. The molecule has 25 heavy (non-hydrogen) atoms. The van der Waals surface area contributed by atoms with Gasteiger partial charge in [-0.25, -0.2) is 4.79 Å². The van der Waals surface area contributed by atoms with Crippen LogP contribution in [0.5, 0.6) is 5.75 Å². The van der Waals surface area contributed by atoms with E-state index in [1.807, 2.05) is 6.07 Å². The Morgan fingerprint density at radius 3 is 2.76 bits per heavy atom.